The van der Waals surface area contributed by atoms with Crippen molar-refractivity contribution in [2.75, 3.05) is 0 Å². The smallest absolute Gasteiger partial charge is 0.135 e. The van der Waals surface area contributed by atoms with Gasteiger partial charge < -0.3 is 13.6 Å². The van der Waals surface area contributed by atoms with Crippen LogP contribution in [-0.4, -0.2) is 9.13 Å². The lowest BCUT2D eigenvalue weighted by molar-refractivity contribution is 0.669. The number of benzene rings is 8. The molecule has 238 valence electrons. The number of nitrogens with zero attached hydrogens (tertiary/aromatic N) is 2. The molecule has 0 aliphatic carbocycles. The third kappa shape index (κ3) is 4.25. The molecule has 3 heterocycles. The molecule has 0 N–H and O–H groups in total. The van der Waals surface area contributed by atoms with Crippen molar-refractivity contribution in [3.8, 4) is 33.6 Å². The predicted octanol–water partition coefficient (Wildman–Crippen LogP) is 13.1. The second-order valence-electron chi connectivity index (χ2n) is 13.4. The summed E-state index contributed by atoms with van der Waals surface area (Å²) in [5.74, 6) is 0. The summed E-state index contributed by atoms with van der Waals surface area (Å²) in [6.45, 7) is 0. The average molecular weight is 651 g/mol. The first-order valence-corrected chi connectivity index (χ1v) is 17.4. The Morgan fingerprint density at radius 2 is 0.686 bits per heavy atom. The minimum atomic E-state index is 0.894. The van der Waals surface area contributed by atoms with Gasteiger partial charge in [-0.15, -0.1) is 0 Å². The number of hydrogen-bond acceptors (Lipinski definition) is 1. The fraction of sp³-hybridized carbons (Fsp3) is 0. The van der Waals surface area contributed by atoms with Gasteiger partial charge in [0.05, 0.1) is 22.1 Å². The number of para-hydroxylation sites is 4. The lowest BCUT2D eigenvalue weighted by atomic mass is 9.99. The van der Waals surface area contributed by atoms with E-state index in [0.717, 1.165) is 38.9 Å². The average Bonchev–Trinajstić information content (AvgIpc) is 3.85. The van der Waals surface area contributed by atoms with Gasteiger partial charge in [0, 0.05) is 43.7 Å². The van der Waals surface area contributed by atoms with Gasteiger partial charge in [-0.2, -0.15) is 0 Å². The first-order valence-electron chi connectivity index (χ1n) is 17.4. The molecular formula is C48H30N2O. The highest BCUT2D eigenvalue weighted by Gasteiger charge is 2.16. The van der Waals surface area contributed by atoms with E-state index in [0.29, 0.717) is 0 Å². The Morgan fingerprint density at radius 3 is 1.22 bits per heavy atom. The lowest BCUT2D eigenvalue weighted by Crippen LogP contribution is -1.94. The fourth-order valence-electron chi connectivity index (χ4n) is 8.17. The number of furan rings is 1. The normalized spacial score (nSPS) is 11.9. The van der Waals surface area contributed by atoms with Gasteiger partial charge in [-0.3, -0.25) is 0 Å². The Kier molecular flexibility index (Phi) is 5.96. The van der Waals surface area contributed by atoms with Crippen molar-refractivity contribution in [1.82, 2.24) is 9.13 Å². The maximum absolute atomic E-state index is 6.35. The second kappa shape index (κ2) is 10.8. The molecule has 11 aromatic rings. The molecule has 3 heteroatoms. The lowest BCUT2D eigenvalue weighted by Gasteiger charge is -2.11. The Labute approximate surface area is 293 Å². The summed E-state index contributed by atoms with van der Waals surface area (Å²) in [5.41, 5.74) is 13.6. The van der Waals surface area contributed by atoms with Gasteiger partial charge in [-0.05, 0) is 89.0 Å². The van der Waals surface area contributed by atoms with Crippen LogP contribution in [0.5, 0.6) is 0 Å². The van der Waals surface area contributed by atoms with Crippen LogP contribution in [0.25, 0.3) is 99.2 Å². The van der Waals surface area contributed by atoms with E-state index in [1.165, 1.54) is 60.3 Å². The van der Waals surface area contributed by atoms with Crippen molar-refractivity contribution < 1.29 is 4.42 Å². The van der Waals surface area contributed by atoms with Gasteiger partial charge in [-0.1, -0.05) is 115 Å². The van der Waals surface area contributed by atoms with Crippen molar-refractivity contribution in [3.63, 3.8) is 0 Å². The summed E-state index contributed by atoms with van der Waals surface area (Å²) in [5, 5.41) is 7.29. The molecule has 0 saturated heterocycles. The van der Waals surface area contributed by atoms with Crippen LogP contribution in [0.15, 0.2) is 186 Å². The van der Waals surface area contributed by atoms with Crippen LogP contribution in [0.2, 0.25) is 0 Å². The van der Waals surface area contributed by atoms with E-state index >= 15 is 0 Å². The largest absolute Gasteiger partial charge is 0.456 e. The standard InChI is InChI=1S/C48H30N2O/c1-5-16-43-37(12-1)38-13-2-6-17-44(38)49(43)35-11-9-10-33(28-35)31-20-22-32(23-21-31)34-24-26-47-41(29-34)42-30-36(25-27-48(42)51-47)50-45-18-7-3-14-39(45)40-15-4-8-19-46(40)50/h1-30H. The van der Waals surface area contributed by atoms with E-state index in [1.54, 1.807) is 0 Å². The molecule has 0 unspecified atom stereocenters. The van der Waals surface area contributed by atoms with E-state index in [4.69, 9.17) is 4.42 Å². The number of hydrogen-bond donors (Lipinski definition) is 0. The number of fused-ring (bicyclic) bond motifs is 9. The Hall–Kier alpha value is -6.84. The van der Waals surface area contributed by atoms with Gasteiger partial charge in [0.15, 0.2) is 0 Å². The molecule has 8 aromatic carbocycles. The zero-order valence-electron chi connectivity index (χ0n) is 27.6. The third-order valence-corrected chi connectivity index (χ3v) is 10.5. The Morgan fingerprint density at radius 1 is 0.275 bits per heavy atom. The quantitative estimate of drug-likeness (QED) is 0.186. The van der Waals surface area contributed by atoms with E-state index in [-0.39, 0.29) is 0 Å². The summed E-state index contributed by atoms with van der Waals surface area (Å²) < 4.78 is 11.1. The van der Waals surface area contributed by atoms with Crippen LogP contribution in [0.3, 0.4) is 0 Å². The maximum Gasteiger partial charge on any atom is 0.135 e. The summed E-state index contributed by atoms with van der Waals surface area (Å²) >= 11 is 0. The topological polar surface area (TPSA) is 23.0 Å². The van der Waals surface area contributed by atoms with Gasteiger partial charge in [0.1, 0.15) is 11.2 Å². The van der Waals surface area contributed by atoms with Crippen LogP contribution in [0.1, 0.15) is 0 Å². The van der Waals surface area contributed by atoms with Crippen LogP contribution in [-0.2, 0) is 0 Å². The van der Waals surface area contributed by atoms with Gasteiger partial charge >= 0.3 is 0 Å². The SMILES string of the molecule is c1cc(-c2ccc(-c3ccc4oc5ccc(-n6c7ccccc7c7ccccc76)cc5c4c3)cc2)cc(-n2c3ccccc3c3ccccc32)c1. The zero-order chi connectivity index (χ0) is 33.5. The highest BCUT2D eigenvalue weighted by Crippen LogP contribution is 2.38. The van der Waals surface area contributed by atoms with Crippen molar-refractivity contribution in [1.29, 1.82) is 0 Å². The molecule has 0 radical (unpaired) electrons. The first kappa shape index (κ1) is 28.0. The van der Waals surface area contributed by atoms with Gasteiger partial charge in [0.2, 0.25) is 0 Å². The van der Waals surface area contributed by atoms with Crippen LogP contribution in [0.4, 0.5) is 0 Å². The molecule has 0 saturated carbocycles. The Balaban J connectivity index is 0.977. The third-order valence-electron chi connectivity index (χ3n) is 10.5. The van der Waals surface area contributed by atoms with Crippen molar-refractivity contribution in [2.24, 2.45) is 0 Å². The van der Waals surface area contributed by atoms with E-state index < -0.39 is 0 Å². The molecule has 0 amide bonds. The van der Waals surface area contributed by atoms with Gasteiger partial charge in [0.25, 0.3) is 0 Å². The van der Waals surface area contributed by atoms with Gasteiger partial charge in [-0.25, -0.2) is 0 Å². The van der Waals surface area contributed by atoms with Crippen molar-refractivity contribution >= 4 is 65.6 Å². The molecule has 11 rings (SSSR count). The predicted molar refractivity (Wildman–Crippen MR) is 213 cm³/mol. The molecule has 0 aliphatic heterocycles. The molecule has 51 heavy (non-hydrogen) atoms. The van der Waals surface area contributed by atoms with Crippen LogP contribution < -0.4 is 0 Å². The second-order valence-corrected chi connectivity index (χ2v) is 13.4. The first-order chi connectivity index (χ1) is 25.3. The zero-order valence-corrected chi connectivity index (χ0v) is 27.6. The summed E-state index contributed by atoms with van der Waals surface area (Å²) in [7, 11) is 0. The molecule has 0 spiro atoms. The molecule has 0 bridgehead atoms. The number of rotatable bonds is 4. The highest BCUT2D eigenvalue weighted by molar-refractivity contribution is 6.11. The van der Waals surface area contributed by atoms with Crippen LogP contribution >= 0.6 is 0 Å². The maximum atomic E-state index is 6.35. The molecule has 0 aliphatic rings. The molecule has 0 fully saturated rings. The van der Waals surface area contributed by atoms with E-state index in [9.17, 15) is 0 Å². The molecule has 3 aromatic heterocycles. The summed E-state index contributed by atoms with van der Waals surface area (Å²) in [6, 6.07) is 65.5. The minimum Gasteiger partial charge on any atom is -0.456 e. The van der Waals surface area contributed by atoms with Crippen molar-refractivity contribution in [3.05, 3.63) is 182 Å². The van der Waals surface area contributed by atoms with E-state index in [1.807, 2.05) is 0 Å². The summed E-state index contributed by atoms with van der Waals surface area (Å²) in [6.07, 6.45) is 0. The minimum absolute atomic E-state index is 0.894. The van der Waals surface area contributed by atoms with Crippen molar-refractivity contribution in [2.45, 2.75) is 0 Å². The van der Waals surface area contributed by atoms with E-state index in [2.05, 4.69) is 191 Å². The molecule has 0 atom stereocenters. The summed E-state index contributed by atoms with van der Waals surface area (Å²) in [4.78, 5) is 0. The molecule has 3 nitrogen and oxygen atoms in total. The highest BCUT2D eigenvalue weighted by atomic mass is 16.3. The number of aromatic nitrogens is 2. The van der Waals surface area contributed by atoms with Crippen LogP contribution in [0, 0.1) is 0 Å². The monoisotopic (exact) mass is 650 g/mol. The fourth-order valence-corrected chi connectivity index (χ4v) is 8.17. The Bertz CT molecular complexity index is 3030. The molecular weight excluding hydrogens is 621 g/mol.